The van der Waals surface area contributed by atoms with E-state index in [1.54, 1.807) is 6.07 Å². The van der Waals surface area contributed by atoms with Gasteiger partial charge in [-0.25, -0.2) is 4.39 Å². The molecule has 0 amide bonds. The molecule has 0 spiro atoms. The first-order valence-corrected chi connectivity index (χ1v) is 8.18. The lowest BCUT2D eigenvalue weighted by atomic mass is 9.83. The van der Waals surface area contributed by atoms with Crippen molar-refractivity contribution in [3.8, 4) is 0 Å². The molecule has 1 aromatic rings. The van der Waals surface area contributed by atoms with Crippen LogP contribution in [0.1, 0.15) is 51.0 Å². The van der Waals surface area contributed by atoms with Crippen molar-refractivity contribution < 1.29 is 4.39 Å². The molecule has 19 heavy (non-hydrogen) atoms. The van der Waals surface area contributed by atoms with Crippen LogP contribution in [0.3, 0.4) is 0 Å². The van der Waals surface area contributed by atoms with Crippen LogP contribution in [0.4, 0.5) is 4.39 Å². The van der Waals surface area contributed by atoms with Crippen LogP contribution in [-0.4, -0.2) is 6.04 Å². The SMILES string of the molecule is CCC(NCc1cccc(F)c1Br)C1CCCCC1. The number of halogens is 2. The highest BCUT2D eigenvalue weighted by molar-refractivity contribution is 9.10. The van der Waals surface area contributed by atoms with Gasteiger partial charge in [0.2, 0.25) is 0 Å². The van der Waals surface area contributed by atoms with Crippen LogP contribution in [0.2, 0.25) is 0 Å². The standard InChI is InChI=1S/C16H23BrFN/c1-2-15(12-7-4-3-5-8-12)19-11-13-9-6-10-14(18)16(13)17/h6,9-10,12,15,19H,2-5,7-8,11H2,1H3. The minimum absolute atomic E-state index is 0.176. The fraction of sp³-hybridized carbons (Fsp3) is 0.625. The highest BCUT2D eigenvalue weighted by atomic mass is 79.9. The molecule has 1 nitrogen and oxygen atoms in total. The molecule has 1 fully saturated rings. The van der Waals surface area contributed by atoms with Gasteiger partial charge in [0.15, 0.2) is 0 Å². The minimum Gasteiger partial charge on any atom is -0.310 e. The summed E-state index contributed by atoms with van der Waals surface area (Å²) in [5.74, 6) is 0.621. The highest BCUT2D eigenvalue weighted by Gasteiger charge is 2.22. The van der Waals surface area contributed by atoms with Crippen LogP contribution in [0.15, 0.2) is 22.7 Å². The van der Waals surface area contributed by atoms with Crippen molar-refractivity contribution in [3.63, 3.8) is 0 Å². The summed E-state index contributed by atoms with van der Waals surface area (Å²) in [5.41, 5.74) is 1.01. The van der Waals surface area contributed by atoms with E-state index in [9.17, 15) is 4.39 Å². The van der Waals surface area contributed by atoms with E-state index in [1.165, 1.54) is 38.2 Å². The van der Waals surface area contributed by atoms with Gasteiger partial charge in [-0.1, -0.05) is 38.3 Å². The number of hydrogen-bond acceptors (Lipinski definition) is 1. The third-order valence-corrected chi connectivity index (χ3v) is 5.13. The summed E-state index contributed by atoms with van der Waals surface area (Å²) in [5, 5.41) is 3.63. The number of rotatable bonds is 5. The molecule has 1 saturated carbocycles. The second-order valence-electron chi connectivity index (χ2n) is 5.51. The van der Waals surface area contributed by atoms with Gasteiger partial charge in [0.25, 0.3) is 0 Å². The molecule has 1 N–H and O–H groups in total. The number of hydrogen-bond donors (Lipinski definition) is 1. The molecule has 0 bridgehead atoms. The summed E-state index contributed by atoms with van der Waals surface area (Å²) in [6.07, 6.45) is 7.96. The second-order valence-corrected chi connectivity index (χ2v) is 6.30. The Morgan fingerprint density at radius 1 is 1.32 bits per heavy atom. The molecule has 1 aromatic carbocycles. The van der Waals surface area contributed by atoms with Crippen LogP contribution >= 0.6 is 15.9 Å². The molecule has 3 heteroatoms. The molecule has 0 radical (unpaired) electrons. The molecular formula is C16H23BrFN. The maximum atomic E-state index is 13.5. The molecule has 106 valence electrons. The topological polar surface area (TPSA) is 12.0 Å². The third-order valence-electron chi connectivity index (χ3n) is 4.24. The average molecular weight is 328 g/mol. The molecular weight excluding hydrogens is 305 g/mol. The molecule has 1 aliphatic carbocycles. The summed E-state index contributed by atoms with van der Waals surface area (Å²) in [4.78, 5) is 0. The Labute approximate surface area is 124 Å². The van der Waals surface area contributed by atoms with Gasteiger partial charge >= 0.3 is 0 Å². The maximum Gasteiger partial charge on any atom is 0.137 e. The summed E-state index contributed by atoms with van der Waals surface area (Å²) in [6.45, 7) is 2.99. The van der Waals surface area contributed by atoms with Crippen LogP contribution in [0.5, 0.6) is 0 Å². The predicted octanol–water partition coefficient (Wildman–Crippen LogP) is 5.04. The number of nitrogens with one attached hydrogen (secondary N) is 1. The fourth-order valence-corrected chi connectivity index (χ4v) is 3.51. The van der Waals surface area contributed by atoms with Gasteiger partial charge in [-0.15, -0.1) is 0 Å². The zero-order chi connectivity index (χ0) is 13.7. The molecule has 0 aromatic heterocycles. The van der Waals surface area contributed by atoms with E-state index in [4.69, 9.17) is 0 Å². The Kier molecular flexibility index (Phi) is 5.83. The highest BCUT2D eigenvalue weighted by Crippen LogP contribution is 2.28. The first-order chi connectivity index (χ1) is 9.22. The van der Waals surface area contributed by atoms with Gasteiger partial charge in [0, 0.05) is 12.6 Å². The first-order valence-electron chi connectivity index (χ1n) is 7.38. The van der Waals surface area contributed by atoms with E-state index in [-0.39, 0.29) is 5.82 Å². The van der Waals surface area contributed by atoms with Gasteiger partial charge in [0.05, 0.1) is 4.47 Å². The zero-order valence-corrected chi connectivity index (χ0v) is 13.2. The van der Waals surface area contributed by atoms with Crippen molar-refractivity contribution in [2.75, 3.05) is 0 Å². The average Bonchev–Trinajstić information content (AvgIpc) is 2.45. The van der Waals surface area contributed by atoms with E-state index >= 15 is 0 Å². The third kappa shape index (κ3) is 4.03. The van der Waals surface area contributed by atoms with Crippen LogP contribution in [0, 0.1) is 11.7 Å². The molecule has 1 aliphatic rings. The van der Waals surface area contributed by atoms with E-state index in [2.05, 4.69) is 28.2 Å². The zero-order valence-electron chi connectivity index (χ0n) is 11.6. The van der Waals surface area contributed by atoms with E-state index in [0.29, 0.717) is 10.5 Å². The normalized spacial score (nSPS) is 18.5. The Balaban J connectivity index is 1.93. The van der Waals surface area contributed by atoms with E-state index in [0.717, 1.165) is 24.4 Å². The summed E-state index contributed by atoms with van der Waals surface area (Å²) < 4.78 is 14.1. The van der Waals surface area contributed by atoms with Crippen molar-refractivity contribution in [2.45, 2.75) is 58.0 Å². The predicted molar refractivity (Wildman–Crippen MR) is 81.6 cm³/mol. The van der Waals surface area contributed by atoms with Gasteiger partial charge in [-0.2, -0.15) is 0 Å². The Hall–Kier alpha value is -0.410. The monoisotopic (exact) mass is 327 g/mol. The van der Waals surface area contributed by atoms with Crippen molar-refractivity contribution >= 4 is 15.9 Å². The molecule has 1 unspecified atom stereocenters. The van der Waals surface area contributed by atoms with E-state index in [1.807, 2.05) is 6.07 Å². The molecule has 1 atom stereocenters. The molecule has 0 saturated heterocycles. The first kappa shape index (κ1) is 15.0. The lowest BCUT2D eigenvalue weighted by Gasteiger charge is -2.30. The smallest absolute Gasteiger partial charge is 0.137 e. The summed E-state index contributed by atoms with van der Waals surface area (Å²) >= 11 is 3.33. The Bertz CT molecular complexity index is 402. The van der Waals surface area contributed by atoms with Crippen molar-refractivity contribution in [2.24, 2.45) is 5.92 Å². The minimum atomic E-state index is -0.176. The Morgan fingerprint density at radius 3 is 2.74 bits per heavy atom. The van der Waals surface area contributed by atoms with Gasteiger partial charge in [-0.05, 0) is 52.7 Å². The van der Waals surface area contributed by atoms with Gasteiger partial charge < -0.3 is 5.32 Å². The van der Waals surface area contributed by atoms with Crippen LogP contribution in [-0.2, 0) is 6.54 Å². The fourth-order valence-electron chi connectivity index (χ4n) is 3.11. The molecule has 0 aliphatic heterocycles. The lowest BCUT2D eigenvalue weighted by molar-refractivity contribution is 0.261. The Morgan fingerprint density at radius 2 is 2.05 bits per heavy atom. The summed E-state index contributed by atoms with van der Waals surface area (Å²) in [6, 6.07) is 5.81. The van der Waals surface area contributed by atoms with Gasteiger partial charge in [-0.3, -0.25) is 0 Å². The van der Waals surface area contributed by atoms with Gasteiger partial charge in [0.1, 0.15) is 5.82 Å². The van der Waals surface area contributed by atoms with Crippen LogP contribution in [0.25, 0.3) is 0 Å². The largest absolute Gasteiger partial charge is 0.310 e. The quantitative estimate of drug-likeness (QED) is 0.799. The maximum absolute atomic E-state index is 13.5. The number of benzene rings is 1. The molecule has 0 heterocycles. The summed E-state index contributed by atoms with van der Waals surface area (Å²) in [7, 11) is 0. The van der Waals surface area contributed by atoms with Crippen molar-refractivity contribution in [1.82, 2.24) is 5.32 Å². The van der Waals surface area contributed by atoms with Crippen LogP contribution < -0.4 is 5.32 Å². The second kappa shape index (κ2) is 7.39. The molecule has 2 rings (SSSR count). The lowest BCUT2D eigenvalue weighted by Crippen LogP contribution is -2.36. The van der Waals surface area contributed by atoms with E-state index < -0.39 is 0 Å². The van der Waals surface area contributed by atoms with Crippen molar-refractivity contribution in [3.05, 3.63) is 34.1 Å². The van der Waals surface area contributed by atoms with Crippen molar-refractivity contribution in [1.29, 1.82) is 0 Å².